The Morgan fingerprint density at radius 1 is 0.900 bits per heavy atom. The molecule has 2 aromatic heterocycles. The van der Waals surface area contributed by atoms with Crippen molar-refractivity contribution in [2.45, 2.75) is 32.3 Å². The monoisotopic (exact) mass is 397 g/mol. The second-order valence-corrected chi connectivity index (χ2v) is 8.72. The van der Waals surface area contributed by atoms with E-state index in [0.29, 0.717) is 0 Å². The number of ether oxygens (including phenoxy) is 1. The molecule has 0 spiro atoms. The summed E-state index contributed by atoms with van der Waals surface area (Å²) in [5.41, 5.74) is 7.22. The summed E-state index contributed by atoms with van der Waals surface area (Å²) in [5.74, 6) is 0.888. The average Bonchev–Trinajstić information content (AvgIpc) is 3.15. The van der Waals surface area contributed by atoms with Crippen LogP contribution in [-0.4, -0.2) is 28.6 Å². The maximum Gasteiger partial charge on any atom is 0.137 e. The Hall–Kier alpha value is -3.11. The maximum absolute atomic E-state index is 5.77. The molecule has 1 saturated heterocycles. The molecule has 30 heavy (non-hydrogen) atoms. The number of nitrogens with zero attached hydrogens (tertiary/aromatic N) is 2. The van der Waals surface area contributed by atoms with E-state index in [2.05, 4.69) is 76.4 Å². The first-order valence-electron chi connectivity index (χ1n) is 10.6. The van der Waals surface area contributed by atoms with E-state index in [0.717, 1.165) is 35.7 Å². The van der Waals surface area contributed by atoms with E-state index >= 15 is 0 Å². The van der Waals surface area contributed by atoms with Crippen LogP contribution in [0.1, 0.15) is 26.3 Å². The summed E-state index contributed by atoms with van der Waals surface area (Å²) in [5, 5.41) is 3.38. The summed E-state index contributed by atoms with van der Waals surface area (Å²) in [6.07, 6.45) is 4.28. The van der Waals surface area contributed by atoms with Gasteiger partial charge in [0.25, 0.3) is 0 Å². The summed E-state index contributed by atoms with van der Waals surface area (Å²) in [4.78, 5) is 4.59. The van der Waals surface area contributed by atoms with Crippen LogP contribution in [0.25, 0.3) is 28.0 Å². The molecule has 1 N–H and O–H groups in total. The van der Waals surface area contributed by atoms with Crippen molar-refractivity contribution in [3.05, 3.63) is 78.6 Å². The molecule has 2 aromatic carbocycles. The van der Waals surface area contributed by atoms with Crippen molar-refractivity contribution < 1.29 is 4.74 Å². The molecule has 0 saturated carbocycles. The number of nitrogens with one attached hydrogen (secondary N) is 1. The van der Waals surface area contributed by atoms with E-state index in [1.54, 1.807) is 0 Å². The van der Waals surface area contributed by atoms with Crippen molar-refractivity contribution in [1.82, 2.24) is 14.7 Å². The molecule has 4 nitrogen and oxygen atoms in total. The highest BCUT2D eigenvalue weighted by Crippen LogP contribution is 2.31. The highest BCUT2D eigenvalue weighted by atomic mass is 16.5. The molecule has 0 radical (unpaired) electrons. The van der Waals surface area contributed by atoms with Gasteiger partial charge >= 0.3 is 0 Å². The van der Waals surface area contributed by atoms with Crippen LogP contribution in [0.15, 0.2) is 73.1 Å². The van der Waals surface area contributed by atoms with Crippen molar-refractivity contribution in [3.63, 3.8) is 0 Å². The van der Waals surface area contributed by atoms with Crippen LogP contribution in [-0.2, 0) is 5.41 Å². The minimum Gasteiger partial charge on any atom is -0.491 e. The van der Waals surface area contributed by atoms with Crippen LogP contribution in [0, 0.1) is 0 Å². The standard InChI is InChI=1S/C26H27N3O/c1-18(2)30-23-11-6-20(7-12-23)24-14-28-25-13-8-21(15-29(24)25)19-4-9-22(10-5-19)26(3)16-27-17-26/h4-15,18,27H,16-17H2,1-3H3. The molecule has 0 unspecified atom stereocenters. The second-order valence-electron chi connectivity index (χ2n) is 8.72. The smallest absolute Gasteiger partial charge is 0.137 e. The van der Waals surface area contributed by atoms with E-state index in [4.69, 9.17) is 4.74 Å². The van der Waals surface area contributed by atoms with Gasteiger partial charge in [-0.2, -0.15) is 0 Å². The lowest BCUT2D eigenvalue weighted by Crippen LogP contribution is -2.54. The van der Waals surface area contributed by atoms with Gasteiger partial charge in [-0.05, 0) is 66.9 Å². The number of rotatable bonds is 5. The Balaban J connectivity index is 1.47. The normalized spacial score (nSPS) is 15.3. The zero-order chi connectivity index (χ0) is 20.7. The van der Waals surface area contributed by atoms with Gasteiger partial charge in [0, 0.05) is 30.3 Å². The predicted molar refractivity (Wildman–Crippen MR) is 122 cm³/mol. The van der Waals surface area contributed by atoms with Crippen LogP contribution in [0.2, 0.25) is 0 Å². The molecule has 0 aliphatic carbocycles. The molecule has 4 heteroatoms. The molecular formula is C26H27N3O. The third-order valence-electron chi connectivity index (χ3n) is 5.97. The zero-order valence-electron chi connectivity index (χ0n) is 17.7. The van der Waals surface area contributed by atoms with E-state index in [9.17, 15) is 0 Å². The molecule has 0 amide bonds. The molecule has 5 rings (SSSR count). The third kappa shape index (κ3) is 3.37. The van der Waals surface area contributed by atoms with Crippen molar-refractivity contribution >= 4 is 5.65 Å². The summed E-state index contributed by atoms with van der Waals surface area (Å²) in [6, 6.07) is 21.5. The quantitative estimate of drug-likeness (QED) is 0.496. The van der Waals surface area contributed by atoms with Crippen LogP contribution in [0.3, 0.4) is 0 Å². The number of aromatic nitrogens is 2. The molecule has 0 bridgehead atoms. The lowest BCUT2D eigenvalue weighted by molar-refractivity contribution is 0.242. The fourth-order valence-corrected chi connectivity index (χ4v) is 4.11. The molecule has 1 fully saturated rings. The zero-order valence-corrected chi connectivity index (χ0v) is 17.7. The Morgan fingerprint density at radius 2 is 1.57 bits per heavy atom. The van der Waals surface area contributed by atoms with Crippen molar-refractivity contribution in [2.75, 3.05) is 13.1 Å². The highest BCUT2D eigenvalue weighted by molar-refractivity contribution is 5.69. The molecule has 0 atom stereocenters. The molecule has 3 heterocycles. The van der Waals surface area contributed by atoms with Gasteiger partial charge in [-0.15, -0.1) is 0 Å². The Morgan fingerprint density at radius 3 is 2.20 bits per heavy atom. The minimum absolute atomic E-state index is 0.170. The number of fused-ring (bicyclic) bond motifs is 1. The first kappa shape index (κ1) is 18.9. The third-order valence-corrected chi connectivity index (χ3v) is 5.97. The highest BCUT2D eigenvalue weighted by Gasteiger charge is 2.33. The number of hydrogen-bond donors (Lipinski definition) is 1. The topological polar surface area (TPSA) is 38.6 Å². The van der Waals surface area contributed by atoms with E-state index in [-0.39, 0.29) is 11.5 Å². The van der Waals surface area contributed by atoms with Crippen LogP contribution >= 0.6 is 0 Å². The lowest BCUT2D eigenvalue weighted by Gasteiger charge is -2.40. The summed E-state index contributed by atoms with van der Waals surface area (Å²) >= 11 is 0. The number of pyridine rings is 1. The average molecular weight is 398 g/mol. The van der Waals surface area contributed by atoms with E-state index in [1.807, 2.05) is 32.2 Å². The first-order valence-corrected chi connectivity index (χ1v) is 10.6. The molecule has 1 aliphatic heterocycles. The summed E-state index contributed by atoms with van der Waals surface area (Å²) < 4.78 is 7.94. The number of benzene rings is 2. The van der Waals surface area contributed by atoms with Crippen molar-refractivity contribution in [2.24, 2.45) is 0 Å². The Kier molecular flexibility index (Phi) is 4.59. The molecule has 152 valence electrons. The largest absolute Gasteiger partial charge is 0.491 e. The second kappa shape index (κ2) is 7.29. The van der Waals surface area contributed by atoms with Crippen LogP contribution < -0.4 is 10.1 Å². The van der Waals surface area contributed by atoms with Gasteiger partial charge in [-0.1, -0.05) is 31.2 Å². The fourth-order valence-electron chi connectivity index (χ4n) is 4.11. The van der Waals surface area contributed by atoms with Gasteiger partial charge in [0.1, 0.15) is 11.4 Å². The minimum atomic E-state index is 0.170. The Labute approximate surface area is 177 Å². The SMILES string of the molecule is CC(C)Oc1ccc(-c2cnc3ccc(-c4ccc(C5(C)CNC5)cc4)cn23)cc1. The van der Waals surface area contributed by atoms with E-state index in [1.165, 1.54) is 16.7 Å². The fraction of sp³-hybridized carbons (Fsp3) is 0.269. The number of imidazole rings is 1. The van der Waals surface area contributed by atoms with Gasteiger partial charge in [-0.25, -0.2) is 4.98 Å². The van der Waals surface area contributed by atoms with E-state index < -0.39 is 0 Å². The van der Waals surface area contributed by atoms with Gasteiger partial charge in [0.2, 0.25) is 0 Å². The van der Waals surface area contributed by atoms with Gasteiger partial charge in [0.15, 0.2) is 0 Å². The summed E-state index contributed by atoms with van der Waals surface area (Å²) in [7, 11) is 0. The van der Waals surface area contributed by atoms with Crippen molar-refractivity contribution in [1.29, 1.82) is 0 Å². The van der Waals surface area contributed by atoms with Gasteiger partial charge in [-0.3, -0.25) is 4.40 Å². The lowest BCUT2D eigenvalue weighted by atomic mass is 9.77. The van der Waals surface area contributed by atoms with Gasteiger partial charge in [0.05, 0.1) is 18.0 Å². The molecule has 1 aliphatic rings. The van der Waals surface area contributed by atoms with Gasteiger partial charge < -0.3 is 10.1 Å². The summed E-state index contributed by atoms with van der Waals surface area (Å²) in [6.45, 7) is 8.50. The number of hydrogen-bond acceptors (Lipinski definition) is 3. The van der Waals surface area contributed by atoms with Crippen LogP contribution in [0.4, 0.5) is 0 Å². The molecule has 4 aromatic rings. The predicted octanol–water partition coefficient (Wildman–Crippen LogP) is 5.32. The first-order chi connectivity index (χ1) is 14.5. The maximum atomic E-state index is 5.77. The molecular weight excluding hydrogens is 370 g/mol. The van der Waals surface area contributed by atoms with Crippen molar-refractivity contribution in [3.8, 4) is 28.1 Å². The Bertz CT molecular complexity index is 1170. The van der Waals surface area contributed by atoms with Crippen LogP contribution in [0.5, 0.6) is 5.75 Å².